The predicted octanol–water partition coefficient (Wildman–Crippen LogP) is 2.22. The van der Waals surface area contributed by atoms with Crippen molar-refractivity contribution in [2.75, 3.05) is 0 Å². The summed E-state index contributed by atoms with van der Waals surface area (Å²) in [6.45, 7) is 4.03. The smallest absolute Gasteiger partial charge is 0.225 e. The summed E-state index contributed by atoms with van der Waals surface area (Å²) in [5.74, 6) is 0.269. The first kappa shape index (κ1) is 9.97. The molecule has 1 N–H and O–H groups in total. The molecule has 1 saturated heterocycles. The van der Waals surface area contributed by atoms with Gasteiger partial charge in [0.1, 0.15) is 0 Å². The normalized spacial score (nSPS) is 25.7. The Balaban J connectivity index is 2.12. The molecule has 2 atom stereocenters. The van der Waals surface area contributed by atoms with E-state index in [0.29, 0.717) is 0 Å². The maximum Gasteiger partial charge on any atom is 0.225 e. The van der Waals surface area contributed by atoms with Crippen LogP contribution in [0.5, 0.6) is 0 Å². The van der Waals surface area contributed by atoms with Gasteiger partial charge in [0.15, 0.2) is 0 Å². The zero-order valence-corrected chi connectivity index (χ0v) is 9.03. The third-order valence-electron chi connectivity index (χ3n) is 2.90. The lowest BCUT2D eigenvalue weighted by atomic mass is 9.86. The van der Waals surface area contributed by atoms with Gasteiger partial charge in [-0.1, -0.05) is 43.3 Å². The van der Waals surface area contributed by atoms with Crippen molar-refractivity contribution in [1.29, 1.82) is 0 Å². The molecular formula is C13H15NO. The molecule has 78 valence electrons. The number of β-lactam (4-membered cyclic amide) rings is 1. The minimum atomic E-state index is 0.116. The van der Waals surface area contributed by atoms with Gasteiger partial charge in [0.05, 0.1) is 12.0 Å². The van der Waals surface area contributed by atoms with E-state index in [-0.39, 0.29) is 17.9 Å². The van der Waals surface area contributed by atoms with E-state index in [0.717, 1.165) is 0 Å². The molecule has 0 aliphatic carbocycles. The van der Waals surface area contributed by atoms with E-state index in [4.69, 9.17) is 0 Å². The van der Waals surface area contributed by atoms with Crippen LogP contribution in [0.25, 0.3) is 6.08 Å². The second-order valence-electron chi connectivity index (χ2n) is 4.07. The minimum absolute atomic E-state index is 0.116. The number of carbonyl (C=O) groups excluding carboxylic acids is 1. The van der Waals surface area contributed by atoms with Gasteiger partial charge in [0.2, 0.25) is 5.91 Å². The van der Waals surface area contributed by atoms with Gasteiger partial charge >= 0.3 is 0 Å². The first-order valence-corrected chi connectivity index (χ1v) is 5.22. The second kappa shape index (κ2) is 3.89. The van der Waals surface area contributed by atoms with Crippen LogP contribution in [0.4, 0.5) is 0 Å². The summed E-state index contributed by atoms with van der Waals surface area (Å²) in [6.07, 6.45) is 2.13. The number of benzene rings is 1. The van der Waals surface area contributed by atoms with Gasteiger partial charge in [0, 0.05) is 0 Å². The maximum atomic E-state index is 11.1. The number of hydrogen-bond donors (Lipinski definition) is 1. The zero-order valence-electron chi connectivity index (χ0n) is 9.03. The summed E-state index contributed by atoms with van der Waals surface area (Å²) >= 11 is 0. The van der Waals surface area contributed by atoms with Crippen molar-refractivity contribution in [3.63, 3.8) is 0 Å². The van der Waals surface area contributed by atoms with Crippen molar-refractivity contribution in [1.82, 2.24) is 5.32 Å². The third kappa shape index (κ3) is 1.94. The van der Waals surface area contributed by atoms with E-state index < -0.39 is 0 Å². The Morgan fingerprint density at radius 1 is 1.33 bits per heavy atom. The van der Waals surface area contributed by atoms with Crippen molar-refractivity contribution >= 4 is 12.0 Å². The number of nitrogens with one attached hydrogen (secondary N) is 1. The van der Waals surface area contributed by atoms with Crippen LogP contribution in [0.15, 0.2) is 35.9 Å². The average Bonchev–Trinajstić information content (AvgIpc) is 2.26. The summed E-state index contributed by atoms with van der Waals surface area (Å²) in [5.41, 5.74) is 2.40. The molecule has 0 aromatic heterocycles. The Bertz CT molecular complexity index is 394. The standard InChI is InChI=1S/C13H15NO/c1-9(12-10(2)13(15)14-12)8-11-6-4-3-5-7-11/h3-8,10,12H,1-2H3,(H,14,15)/b9-8+/t10-,12-/m1/s1. The zero-order chi connectivity index (χ0) is 10.8. The van der Waals surface area contributed by atoms with Crippen LogP contribution in [-0.4, -0.2) is 11.9 Å². The van der Waals surface area contributed by atoms with Gasteiger partial charge in [-0.2, -0.15) is 0 Å². The van der Waals surface area contributed by atoms with Gasteiger partial charge in [-0.3, -0.25) is 4.79 Å². The summed E-state index contributed by atoms with van der Waals surface area (Å²) < 4.78 is 0. The third-order valence-corrected chi connectivity index (χ3v) is 2.90. The van der Waals surface area contributed by atoms with Gasteiger partial charge < -0.3 is 5.32 Å². The Morgan fingerprint density at radius 3 is 2.53 bits per heavy atom. The quantitative estimate of drug-likeness (QED) is 0.730. The van der Waals surface area contributed by atoms with Crippen molar-refractivity contribution < 1.29 is 4.79 Å². The van der Waals surface area contributed by atoms with Crippen molar-refractivity contribution in [3.8, 4) is 0 Å². The van der Waals surface area contributed by atoms with Crippen LogP contribution in [0.1, 0.15) is 19.4 Å². The molecule has 1 aromatic carbocycles. The maximum absolute atomic E-state index is 11.1. The Kier molecular flexibility index (Phi) is 2.58. The molecule has 0 radical (unpaired) electrons. The summed E-state index contributed by atoms with van der Waals surface area (Å²) in [7, 11) is 0. The van der Waals surface area contributed by atoms with Crippen molar-refractivity contribution in [3.05, 3.63) is 41.5 Å². The summed E-state index contributed by atoms with van der Waals surface area (Å²) in [5, 5.41) is 2.91. The number of rotatable bonds is 2. The molecule has 2 heteroatoms. The topological polar surface area (TPSA) is 29.1 Å². The monoisotopic (exact) mass is 201 g/mol. The van der Waals surface area contributed by atoms with E-state index in [1.54, 1.807) is 0 Å². The largest absolute Gasteiger partial charge is 0.349 e. The number of amides is 1. The fraction of sp³-hybridized carbons (Fsp3) is 0.308. The first-order valence-electron chi connectivity index (χ1n) is 5.22. The SMILES string of the molecule is C/C(=C\c1ccccc1)[C@H]1NC(=O)[C@@H]1C. The van der Waals surface area contributed by atoms with E-state index >= 15 is 0 Å². The molecule has 2 nitrogen and oxygen atoms in total. The van der Waals surface area contributed by atoms with Gasteiger partial charge in [-0.15, -0.1) is 0 Å². The van der Waals surface area contributed by atoms with E-state index in [1.807, 2.05) is 25.1 Å². The van der Waals surface area contributed by atoms with E-state index in [2.05, 4.69) is 30.4 Å². The highest BCUT2D eigenvalue weighted by Gasteiger charge is 2.35. The van der Waals surface area contributed by atoms with Crippen LogP contribution in [0, 0.1) is 5.92 Å². The predicted molar refractivity (Wildman–Crippen MR) is 61.2 cm³/mol. The first-order chi connectivity index (χ1) is 7.18. The molecule has 1 aliphatic rings. The molecule has 15 heavy (non-hydrogen) atoms. The van der Waals surface area contributed by atoms with Crippen LogP contribution >= 0.6 is 0 Å². The molecule has 0 unspecified atom stereocenters. The molecule has 0 bridgehead atoms. The molecule has 0 spiro atoms. The lowest BCUT2D eigenvalue weighted by Gasteiger charge is -2.35. The van der Waals surface area contributed by atoms with Crippen molar-refractivity contribution in [2.24, 2.45) is 5.92 Å². The van der Waals surface area contributed by atoms with Gasteiger partial charge in [-0.25, -0.2) is 0 Å². The van der Waals surface area contributed by atoms with Crippen LogP contribution < -0.4 is 5.32 Å². The Morgan fingerprint density at radius 2 is 2.00 bits per heavy atom. The summed E-state index contributed by atoms with van der Waals surface area (Å²) in [6, 6.07) is 10.4. The molecule has 2 rings (SSSR count). The van der Waals surface area contributed by atoms with Crippen LogP contribution in [0.2, 0.25) is 0 Å². The molecular weight excluding hydrogens is 186 g/mol. The van der Waals surface area contributed by atoms with E-state index in [9.17, 15) is 4.79 Å². The minimum Gasteiger partial charge on any atom is -0.349 e. The molecule has 1 amide bonds. The van der Waals surface area contributed by atoms with Crippen LogP contribution in [-0.2, 0) is 4.79 Å². The highest BCUT2D eigenvalue weighted by Crippen LogP contribution is 2.22. The summed E-state index contributed by atoms with van der Waals surface area (Å²) in [4.78, 5) is 11.1. The number of carbonyl (C=O) groups is 1. The highest BCUT2D eigenvalue weighted by molar-refractivity contribution is 5.87. The van der Waals surface area contributed by atoms with Crippen LogP contribution in [0.3, 0.4) is 0 Å². The molecule has 1 aliphatic heterocycles. The Labute approximate surface area is 90.0 Å². The lowest BCUT2D eigenvalue weighted by Crippen LogP contribution is -2.57. The fourth-order valence-electron chi connectivity index (χ4n) is 1.87. The molecule has 0 saturated carbocycles. The fourth-order valence-corrected chi connectivity index (χ4v) is 1.87. The second-order valence-corrected chi connectivity index (χ2v) is 4.07. The molecule has 1 aromatic rings. The van der Waals surface area contributed by atoms with Gasteiger partial charge in [0.25, 0.3) is 0 Å². The number of hydrogen-bond acceptors (Lipinski definition) is 1. The highest BCUT2D eigenvalue weighted by atomic mass is 16.2. The molecule has 1 heterocycles. The van der Waals surface area contributed by atoms with Gasteiger partial charge in [-0.05, 0) is 18.1 Å². The Hall–Kier alpha value is -1.57. The lowest BCUT2D eigenvalue weighted by molar-refractivity contribution is -0.132. The molecule has 1 fully saturated rings. The van der Waals surface area contributed by atoms with Crippen molar-refractivity contribution in [2.45, 2.75) is 19.9 Å². The average molecular weight is 201 g/mol. The van der Waals surface area contributed by atoms with E-state index in [1.165, 1.54) is 11.1 Å².